The van der Waals surface area contributed by atoms with E-state index in [4.69, 9.17) is 9.94 Å². The number of hydrogen-bond donors (Lipinski definition) is 2. The predicted octanol–water partition coefficient (Wildman–Crippen LogP) is 4.24. The van der Waals surface area contributed by atoms with E-state index in [1.54, 1.807) is 30.3 Å². The summed E-state index contributed by atoms with van der Waals surface area (Å²) in [5.41, 5.74) is 2.25. The van der Waals surface area contributed by atoms with Crippen molar-refractivity contribution in [2.75, 3.05) is 13.1 Å². The van der Waals surface area contributed by atoms with Gasteiger partial charge in [-0.2, -0.15) is 8.78 Å². The van der Waals surface area contributed by atoms with Gasteiger partial charge in [-0.1, -0.05) is 23.4 Å². The third-order valence-electron chi connectivity index (χ3n) is 5.79. The third kappa shape index (κ3) is 4.99. The van der Waals surface area contributed by atoms with Crippen LogP contribution in [0.4, 0.5) is 8.78 Å². The highest BCUT2D eigenvalue weighted by molar-refractivity contribution is 6.02. The summed E-state index contributed by atoms with van der Waals surface area (Å²) in [5, 5.41) is 23.1. The van der Waals surface area contributed by atoms with Crippen LogP contribution in [0.3, 0.4) is 0 Å². The lowest BCUT2D eigenvalue weighted by Crippen LogP contribution is -2.44. The van der Waals surface area contributed by atoms with E-state index in [-0.39, 0.29) is 22.7 Å². The highest BCUT2D eigenvalue weighted by atomic mass is 19.3. The molecule has 0 atom stereocenters. The van der Waals surface area contributed by atoms with Gasteiger partial charge in [0.05, 0.1) is 11.3 Å². The average molecular weight is 446 g/mol. The van der Waals surface area contributed by atoms with Crippen molar-refractivity contribution < 1.29 is 33.4 Å². The first kappa shape index (κ1) is 22.0. The van der Waals surface area contributed by atoms with Crippen molar-refractivity contribution in [1.82, 2.24) is 4.90 Å². The zero-order valence-electron chi connectivity index (χ0n) is 17.6. The zero-order chi connectivity index (χ0) is 22.9. The molecule has 0 radical (unpaired) electrons. The quantitative estimate of drug-likeness (QED) is 0.690. The van der Waals surface area contributed by atoms with Gasteiger partial charge in [0.2, 0.25) is 0 Å². The Morgan fingerprint density at radius 3 is 2.53 bits per heavy atom. The van der Waals surface area contributed by atoms with Crippen molar-refractivity contribution in [3.8, 4) is 11.5 Å². The van der Waals surface area contributed by atoms with Crippen molar-refractivity contribution in [1.29, 1.82) is 0 Å². The van der Waals surface area contributed by atoms with E-state index < -0.39 is 12.1 Å². The summed E-state index contributed by atoms with van der Waals surface area (Å²) in [6.45, 7) is 2.64. The van der Waals surface area contributed by atoms with Gasteiger partial charge in [-0.15, -0.1) is 0 Å². The smallest absolute Gasteiger partial charge is 0.395 e. The summed E-state index contributed by atoms with van der Waals surface area (Å²) in [6.07, 6.45) is -1.22. The van der Waals surface area contributed by atoms with Crippen molar-refractivity contribution in [2.45, 2.75) is 44.4 Å². The van der Waals surface area contributed by atoms with Gasteiger partial charge >= 0.3 is 12.1 Å². The Morgan fingerprint density at radius 1 is 1.22 bits per heavy atom. The molecule has 2 heterocycles. The van der Waals surface area contributed by atoms with Gasteiger partial charge in [0, 0.05) is 45.8 Å². The predicted molar refractivity (Wildman–Crippen MR) is 112 cm³/mol. The molecule has 0 saturated carbocycles. The van der Waals surface area contributed by atoms with Crippen molar-refractivity contribution >= 4 is 11.7 Å². The number of phenols is 1. The van der Waals surface area contributed by atoms with Crippen LogP contribution in [0, 0.1) is 0 Å². The number of carbonyl (C=O) groups is 1. The maximum Gasteiger partial charge on any atom is 0.395 e. The third-order valence-corrected chi connectivity index (χ3v) is 5.79. The topological polar surface area (TPSA) is 91.6 Å². The molecule has 2 aromatic rings. The summed E-state index contributed by atoms with van der Waals surface area (Å²) in [7, 11) is 0. The van der Waals surface area contributed by atoms with E-state index in [0.29, 0.717) is 19.9 Å². The number of piperidine rings is 1. The van der Waals surface area contributed by atoms with Crippen molar-refractivity contribution in [3.63, 3.8) is 0 Å². The number of aromatic carboxylic acids is 1. The van der Waals surface area contributed by atoms with Crippen LogP contribution < -0.4 is 4.74 Å². The Labute approximate surface area is 183 Å². The SMILES string of the molecule is CC(F)(F)Oc1cc(CN2CCC3(CC2)CC(c2ccc(C(=O)O)cc2)=NO3)ccc1O. The van der Waals surface area contributed by atoms with E-state index in [0.717, 1.165) is 42.8 Å². The molecule has 7 nitrogen and oxygen atoms in total. The second kappa shape index (κ2) is 8.38. The number of hydrogen-bond acceptors (Lipinski definition) is 6. The van der Waals surface area contributed by atoms with E-state index in [1.807, 2.05) is 0 Å². The molecular weight excluding hydrogens is 422 g/mol. The number of carboxylic acids is 1. The Bertz CT molecular complexity index is 1030. The first-order chi connectivity index (χ1) is 15.1. The molecule has 0 aliphatic carbocycles. The van der Waals surface area contributed by atoms with Gasteiger partial charge < -0.3 is 19.8 Å². The van der Waals surface area contributed by atoms with E-state index >= 15 is 0 Å². The van der Waals surface area contributed by atoms with Crippen LogP contribution in [-0.2, 0) is 11.4 Å². The molecular formula is C23H24F2N2O5. The minimum atomic E-state index is -3.38. The van der Waals surface area contributed by atoms with Gasteiger partial charge in [0.1, 0.15) is 5.60 Å². The molecule has 1 saturated heterocycles. The minimum absolute atomic E-state index is 0.224. The lowest BCUT2D eigenvalue weighted by molar-refractivity contribution is -0.159. The number of oxime groups is 1. The fraction of sp³-hybridized carbons (Fsp3) is 0.391. The van der Waals surface area contributed by atoms with Gasteiger partial charge in [0.25, 0.3) is 0 Å². The molecule has 170 valence electrons. The molecule has 0 unspecified atom stereocenters. The second-order valence-corrected chi connectivity index (χ2v) is 8.36. The van der Waals surface area contributed by atoms with Gasteiger partial charge in [0.15, 0.2) is 11.5 Å². The lowest BCUT2D eigenvalue weighted by Gasteiger charge is -2.37. The number of halogens is 2. The summed E-state index contributed by atoms with van der Waals surface area (Å²) in [6, 6.07) is 11.1. The van der Waals surface area contributed by atoms with E-state index in [9.17, 15) is 18.7 Å². The molecule has 0 amide bonds. The van der Waals surface area contributed by atoms with Crippen LogP contribution in [0.25, 0.3) is 0 Å². The summed E-state index contributed by atoms with van der Waals surface area (Å²) < 4.78 is 30.9. The molecule has 0 aromatic heterocycles. The second-order valence-electron chi connectivity index (χ2n) is 8.36. The molecule has 2 aromatic carbocycles. The van der Waals surface area contributed by atoms with Gasteiger partial charge in [-0.3, -0.25) is 4.90 Å². The first-order valence-corrected chi connectivity index (χ1v) is 10.3. The fourth-order valence-electron chi connectivity index (χ4n) is 4.06. The van der Waals surface area contributed by atoms with Crippen molar-refractivity contribution in [3.05, 3.63) is 59.2 Å². The van der Waals surface area contributed by atoms with Crippen LogP contribution in [0.2, 0.25) is 0 Å². The van der Waals surface area contributed by atoms with Crippen LogP contribution in [0.15, 0.2) is 47.6 Å². The van der Waals surface area contributed by atoms with Gasteiger partial charge in [-0.25, -0.2) is 4.79 Å². The standard InChI is InChI=1S/C23H24F2N2O5/c1-22(24,25)31-20-12-15(2-7-19(20)28)14-27-10-8-23(9-11-27)13-18(26-32-23)16-3-5-17(6-4-16)21(29)30/h2-7,12,28H,8-11,13-14H2,1H3,(H,29,30). The highest BCUT2D eigenvalue weighted by Gasteiger charge is 2.42. The Hall–Kier alpha value is -3.20. The number of phenolic OH excluding ortho intramolecular Hbond substituents is 1. The molecule has 2 aliphatic rings. The molecule has 9 heteroatoms. The largest absolute Gasteiger partial charge is 0.504 e. The molecule has 1 fully saturated rings. The molecule has 32 heavy (non-hydrogen) atoms. The monoisotopic (exact) mass is 446 g/mol. The molecule has 2 aliphatic heterocycles. The normalized spacial score (nSPS) is 18.3. The summed E-state index contributed by atoms with van der Waals surface area (Å²) in [4.78, 5) is 19.0. The number of aromatic hydroxyl groups is 1. The Kier molecular flexibility index (Phi) is 5.77. The molecule has 0 bridgehead atoms. The molecule has 4 rings (SSSR count). The minimum Gasteiger partial charge on any atom is -0.504 e. The molecule has 1 spiro atoms. The number of nitrogens with zero attached hydrogens (tertiary/aromatic N) is 2. The zero-order valence-corrected chi connectivity index (χ0v) is 17.6. The van der Waals surface area contributed by atoms with Crippen LogP contribution >= 0.6 is 0 Å². The Balaban J connectivity index is 1.34. The van der Waals surface area contributed by atoms with Crippen LogP contribution in [0.5, 0.6) is 11.5 Å². The number of carboxylic acid groups (broad SMARTS) is 1. The van der Waals surface area contributed by atoms with Crippen LogP contribution in [-0.4, -0.2) is 51.6 Å². The van der Waals surface area contributed by atoms with E-state index in [2.05, 4.69) is 14.8 Å². The first-order valence-electron chi connectivity index (χ1n) is 10.3. The lowest BCUT2D eigenvalue weighted by atomic mass is 9.85. The van der Waals surface area contributed by atoms with Gasteiger partial charge in [-0.05, 0) is 35.4 Å². The van der Waals surface area contributed by atoms with E-state index in [1.165, 1.54) is 12.1 Å². The number of likely N-dealkylation sites (tertiary alicyclic amines) is 1. The fourth-order valence-corrected chi connectivity index (χ4v) is 4.06. The van der Waals surface area contributed by atoms with Crippen LogP contribution in [0.1, 0.15) is 47.7 Å². The summed E-state index contributed by atoms with van der Waals surface area (Å²) in [5.74, 6) is -1.54. The molecule has 2 N–H and O–H groups in total. The average Bonchev–Trinajstić information content (AvgIpc) is 3.15. The number of rotatable bonds is 6. The maximum absolute atomic E-state index is 13.2. The maximum atomic E-state index is 13.2. The number of ether oxygens (including phenoxy) is 1. The highest BCUT2D eigenvalue weighted by Crippen LogP contribution is 2.37. The number of alkyl halides is 2. The van der Waals surface area contributed by atoms with Crippen molar-refractivity contribution in [2.24, 2.45) is 5.16 Å². The summed E-state index contributed by atoms with van der Waals surface area (Å²) >= 11 is 0. The number of benzene rings is 2. The Morgan fingerprint density at radius 2 is 1.91 bits per heavy atom.